The summed E-state index contributed by atoms with van der Waals surface area (Å²) in [5.41, 5.74) is 2.71. The summed E-state index contributed by atoms with van der Waals surface area (Å²) in [6.07, 6.45) is 9.18. The molecule has 0 aliphatic heterocycles. The minimum absolute atomic E-state index is 0.0162. The van der Waals surface area contributed by atoms with Gasteiger partial charge >= 0.3 is 0 Å². The second kappa shape index (κ2) is 5.44. The Morgan fingerprint density at radius 1 is 1.15 bits per heavy atom. The maximum absolute atomic E-state index is 12.6. The fourth-order valence-electron chi connectivity index (χ4n) is 7.66. The number of carbonyl (C=O) groups is 1. The highest BCUT2D eigenvalue weighted by molar-refractivity contribution is 7.12. The van der Waals surface area contributed by atoms with Crippen molar-refractivity contribution < 1.29 is 4.79 Å². The van der Waals surface area contributed by atoms with Crippen molar-refractivity contribution >= 4 is 17.1 Å². The van der Waals surface area contributed by atoms with Gasteiger partial charge in [0.25, 0.3) is 0 Å². The topological polar surface area (TPSA) is 40.9 Å². The molecule has 3 saturated carbocycles. The first-order valence-electron chi connectivity index (χ1n) is 10.4. The summed E-state index contributed by atoms with van der Waals surface area (Å²) in [6.45, 7) is 6.95. The van der Waals surface area contributed by atoms with Crippen LogP contribution in [0.15, 0.2) is 0 Å². The molecule has 0 aromatic carbocycles. The summed E-state index contributed by atoms with van der Waals surface area (Å²) in [5, 5.41) is 9.59. The molecule has 3 heteroatoms. The van der Waals surface area contributed by atoms with Crippen molar-refractivity contribution in [3.8, 4) is 6.07 Å². The van der Waals surface area contributed by atoms with Gasteiger partial charge in [-0.1, -0.05) is 13.8 Å². The van der Waals surface area contributed by atoms with E-state index in [2.05, 4.69) is 26.8 Å². The van der Waals surface area contributed by atoms with Gasteiger partial charge in [-0.2, -0.15) is 5.26 Å². The van der Waals surface area contributed by atoms with Gasteiger partial charge in [-0.15, -0.1) is 11.3 Å². The van der Waals surface area contributed by atoms with Crippen LogP contribution in [-0.4, -0.2) is 5.78 Å². The number of hydrogen-bond acceptors (Lipinski definition) is 3. The molecule has 0 spiro atoms. The van der Waals surface area contributed by atoms with E-state index in [1.165, 1.54) is 41.0 Å². The van der Waals surface area contributed by atoms with Crippen LogP contribution in [0.1, 0.15) is 73.3 Å². The van der Waals surface area contributed by atoms with Gasteiger partial charge in [0.1, 0.15) is 11.9 Å². The fraction of sp³-hybridized carbons (Fsp3) is 0.739. The molecule has 0 radical (unpaired) electrons. The first kappa shape index (κ1) is 17.0. The highest BCUT2D eigenvalue weighted by atomic mass is 32.1. The van der Waals surface area contributed by atoms with Crippen LogP contribution in [0.25, 0.3) is 0 Å². The van der Waals surface area contributed by atoms with E-state index in [0.29, 0.717) is 17.1 Å². The Hall–Kier alpha value is -1.14. The van der Waals surface area contributed by atoms with Gasteiger partial charge in [-0.3, -0.25) is 4.79 Å². The number of Topliss-reactive ketones (excluding diaryl/α,β-unsaturated/α-hetero) is 1. The first-order valence-corrected chi connectivity index (χ1v) is 11.2. The highest BCUT2D eigenvalue weighted by Gasteiger charge is 2.60. The van der Waals surface area contributed by atoms with Gasteiger partial charge in [0.2, 0.25) is 0 Å². The van der Waals surface area contributed by atoms with E-state index in [4.69, 9.17) is 0 Å². The predicted octanol–water partition coefficient (Wildman–Crippen LogP) is 5.45. The molecule has 138 valence electrons. The van der Waals surface area contributed by atoms with Crippen molar-refractivity contribution in [1.82, 2.24) is 0 Å². The summed E-state index contributed by atoms with van der Waals surface area (Å²) in [7, 11) is 0. The lowest BCUT2D eigenvalue weighted by Gasteiger charge is -2.59. The van der Waals surface area contributed by atoms with Gasteiger partial charge < -0.3 is 0 Å². The molecule has 0 unspecified atom stereocenters. The largest absolute Gasteiger partial charge is 0.299 e. The maximum atomic E-state index is 12.6. The monoisotopic (exact) mass is 367 g/mol. The van der Waals surface area contributed by atoms with Crippen LogP contribution >= 0.6 is 11.3 Å². The number of fused-ring (bicyclic) bond motifs is 6. The number of nitriles is 1. The van der Waals surface area contributed by atoms with E-state index in [1.54, 1.807) is 0 Å². The third kappa shape index (κ3) is 2.00. The Labute approximate surface area is 161 Å². The number of ketones is 1. The summed E-state index contributed by atoms with van der Waals surface area (Å²) in [4.78, 5) is 15.3. The number of rotatable bonds is 0. The van der Waals surface area contributed by atoms with Crippen LogP contribution in [0.4, 0.5) is 0 Å². The normalized spacial score (nSPS) is 43.8. The van der Waals surface area contributed by atoms with Crippen molar-refractivity contribution in [1.29, 1.82) is 5.26 Å². The molecule has 1 aromatic heterocycles. The molecule has 4 aliphatic rings. The molecule has 0 saturated heterocycles. The molecule has 6 atom stereocenters. The molecule has 0 N–H and O–H groups in total. The van der Waals surface area contributed by atoms with E-state index in [1.807, 2.05) is 11.3 Å². The molecule has 5 rings (SSSR count). The summed E-state index contributed by atoms with van der Waals surface area (Å²) < 4.78 is 0. The van der Waals surface area contributed by atoms with Crippen molar-refractivity contribution in [2.45, 2.75) is 72.1 Å². The summed E-state index contributed by atoms with van der Waals surface area (Å²) in [6, 6.07) is 2.48. The second-order valence-electron chi connectivity index (χ2n) is 10.0. The van der Waals surface area contributed by atoms with Gasteiger partial charge in [-0.25, -0.2) is 0 Å². The van der Waals surface area contributed by atoms with Crippen molar-refractivity contribution in [2.24, 2.45) is 34.5 Å². The lowest BCUT2D eigenvalue weighted by Crippen LogP contribution is -2.54. The van der Waals surface area contributed by atoms with E-state index in [0.717, 1.165) is 49.0 Å². The van der Waals surface area contributed by atoms with Crippen LogP contribution < -0.4 is 0 Å². The molecule has 1 aromatic rings. The minimum atomic E-state index is -0.0162. The third-order valence-corrected chi connectivity index (χ3v) is 10.3. The Morgan fingerprint density at radius 3 is 2.73 bits per heavy atom. The van der Waals surface area contributed by atoms with Crippen molar-refractivity contribution in [2.75, 3.05) is 0 Å². The fourth-order valence-corrected chi connectivity index (χ4v) is 9.00. The molecule has 3 fully saturated rings. The minimum Gasteiger partial charge on any atom is -0.299 e. The highest BCUT2D eigenvalue weighted by Crippen LogP contribution is 2.65. The number of nitrogens with zero attached hydrogens (tertiary/aromatic N) is 1. The molecular formula is C23H29NOS. The quantitative estimate of drug-likeness (QED) is 0.611. The standard InChI is InChI=1S/C23H29NOS/c1-13-17(12-24)16-10-14-4-5-15-18-6-7-21(25)22(18,2)9-8-19(15)23(14,3)11-20(16)26-13/h14-15,18-19H,4-11H2,1-3H3/t14-,15+,18-,19+,22+,23-/m0/s1. The van der Waals surface area contributed by atoms with Crippen LogP contribution in [0.2, 0.25) is 0 Å². The number of hydrogen-bond donors (Lipinski definition) is 0. The van der Waals surface area contributed by atoms with E-state index in [9.17, 15) is 10.1 Å². The van der Waals surface area contributed by atoms with Crippen LogP contribution in [-0.2, 0) is 17.6 Å². The summed E-state index contributed by atoms with van der Waals surface area (Å²) in [5.74, 6) is 3.42. The smallest absolute Gasteiger partial charge is 0.139 e. The van der Waals surface area contributed by atoms with Gasteiger partial charge in [0.05, 0.1) is 5.56 Å². The van der Waals surface area contributed by atoms with E-state index in [-0.39, 0.29) is 5.41 Å². The Balaban J connectivity index is 1.52. The Morgan fingerprint density at radius 2 is 1.96 bits per heavy atom. The van der Waals surface area contributed by atoms with Crippen LogP contribution in [0.5, 0.6) is 0 Å². The van der Waals surface area contributed by atoms with Gasteiger partial charge in [-0.05, 0) is 86.5 Å². The lowest BCUT2D eigenvalue weighted by atomic mass is 9.45. The van der Waals surface area contributed by atoms with Crippen molar-refractivity contribution in [3.63, 3.8) is 0 Å². The number of aryl methyl sites for hydroxylation is 1. The molecule has 2 nitrogen and oxygen atoms in total. The van der Waals surface area contributed by atoms with E-state index >= 15 is 0 Å². The molecular weight excluding hydrogens is 338 g/mol. The lowest BCUT2D eigenvalue weighted by molar-refractivity contribution is -0.136. The average Bonchev–Trinajstić information content (AvgIpc) is 3.07. The third-order valence-electron chi connectivity index (χ3n) is 9.14. The van der Waals surface area contributed by atoms with Gasteiger partial charge in [0.15, 0.2) is 0 Å². The number of thiophene rings is 1. The zero-order valence-corrected chi connectivity index (χ0v) is 17.0. The van der Waals surface area contributed by atoms with Gasteiger partial charge in [0, 0.05) is 21.6 Å². The first-order chi connectivity index (χ1) is 12.4. The SMILES string of the molecule is Cc1sc2c(c1C#N)C[C@@H]1CC[C@H]3[C@@H](CC[C@@]4(C)C(=O)CC[C@@H]34)[C@@]1(C)C2. The van der Waals surface area contributed by atoms with Crippen LogP contribution in [0, 0.1) is 52.8 Å². The molecule has 4 aliphatic carbocycles. The van der Waals surface area contributed by atoms with E-state index < -0.39 is 0 Å². The number of carbonyl (C=O) groups excluding carboxylic acids is 1. The van der Waals surface area contributed by atoms with Crippen molar-refractivity contribution in [3.05, 3.63) is 20.9 Å². The molecule has 1 heterocycles. The molecule has 26 heavy (non-hydrogen) atoms. The Kier molecular flexibility index (Phi) is 3.56. The maximum Gasteiger partial charge on any atom is 0.139 e. The molecule has 0 bridgehead atoms. The summed E-state index contributed by atoms with van der Waals surface area (Å²) >= 11 is 1.88. The average molecular weight is 368 g/mol. The second-order valence-corrected chi connectivity index (χ2v) is 11.3. The Bertz CT molecular complexity index is 832. The zero-order valence-electron chi connectivity index (χ0n) is 16.2. The van der Waals surface area contributed by atoms with Crippen LogP contribution in [0.3, 0.4) is 0 Å². The molecule has 0 amide bonds. The predicted molar refractivity (Wildman–Crippen MR) is 104 cm³/mol. The zero-order chi connectivity index (χ0) is 18.3.